The Kier molecular flexibility index (Phi) is 11.7. The van der Waals surface area contributed by atoms with Crippen LogP contribution < -0.4 is 0 Å². The number of hydrogen-bond acceptors (Lipinski definition) is 4. The second-order valence-corrected chi connectivity index (χ2v) is 9.98. The maximum absolute atomic E-state index is 13.4. The summed E-state index contributed by atoms with van der Waals surface area (Å²) in [4.78, 5) is 15.2. The van der Waals surface area contributed by atoms with E-state index in [-0.39, 0.29) is 23.1 Å². The number of aliphatic hydroxyl groups is 2. The van der Waals surface area contributed by atoms with Crippen molar-refractivity contribution < 1.29 is 20.1 Å². The van der Waals surface area contributed by atoms with Crippen LogP contribution in [-0.4, -0.2) is 32.7 Å². The summed E-state index contributed by atoms with van der Waals surface area (Å²) in [5.74, 6) is 6.44. The summed E-state index contributed by atoms with van der Waals surface area (Å²) >= 11 is 0. The molecule has 0 spiro atoms. The fraction of sp³-hybridized carbons (Fsp3) is 0.424. The van der Waals surface area contributed by atoms with E-state index in [1.165, 1.54) is 36.6 Å². The minimum Gasteiger partial charge on any atom is -0.507 e. The average molecular weight is 516 g/mol. The monoisotopic (exact) mass is 515 g/mol. The molecular formula is C33H41NO4. The molecule has 5 nitrogen and oxygen atoms in total. The number of unbranched alkanes of at least 4 members (excludes halogenated alkanes) is 4. The van der Waals surface area contributed by atoms with Crippen molar-refractivity contribution in [2.45, 2.75) is 78.0 Å². The van der Waals surface area contributed by atoms with Crippen LogP contribution in [0.2, 0.25) is 0 Å². The lowest BCUT2D eigenvalue weighted by atomic mass is 9.94. The fourth-order valence-corrected chi connectivity index (χ4v) is 4.49. The molecule has 1 unspecified atom stereocenters. The molecule has 2 aromatic rings. The number of aliphatic hydroxyl groups excluding tert-OH is 1. The number of allylic oxidation sites excluding steroid dienone is 4. The molecule has 1 aliphatic rings. The van der Waals surface area contributed by atoms with Crippen LogP contribution in [0.3, 0.4) is 0 Å². The van der Waals surface area contributed by atoms with E-state index >= 15 is 0 Å². The summed E-state index contributed by atoms with van der Waals surface area (Å²) < 4.78 is 0. The number of amides is 1. The number of phenolic OH excluding ortho intramolecular Hbond substituents is 1. The predicted octanol–water partition coefficient (Wildman–Crippen LogP) is 6.64. The number of nitrogens with zero attached hydrogens (tertiary/aromatic N) is 1. The number of aromatic hydroxyl groups is 1. The molecule has 0 fully saturated rings. The molecule has 0 aliphatic heterocycles. The van der Waals surface area contributed by atoms with Gasteiger partial charge in [0.1, 0.15) is 5.75 Å². The van der Waals surface area contributed by atoms with E-state index in [1.54, 1.807) is 4.90 Å². The van der Waals surface area contributed by atoms with Crippen molar-refractivity contribution in [1.29, 1.82) is 0 Å². The van der Waals surface area contributed by atoms with Crippen LogP contribution in [0.4, 0.5) is 0 Å². The van der Waals surface area contributed by atoms with Crippen LogP contribution in [0, 0.1) is 17.8 Å². The summed E-state index contributed by atoms with van der Waals surface area (Å²) in [6.45, 7) is 5.40. The lowest BCUT2D eigenvalue weighted by molar-refractivity contribution is -0.0439. The van der Waals surface area contributed by atoms with Gasteiger partial charge in [-0.05, 0) is 61.6 Å². The minimum atomic E-state index is -1.85. The Labute approximate surface area is 227 Å². The standard InChI is InChI=1S/C33H41NO4/c1-3-5-7-8-22-34(32(36)29-20-21-31(35)30(23-29)33(37)38)24-28-18-16-27(17-19-28)15-14-26-12-10-25(11-13-26)9-6-4-2/h10-12,16-21,23,26,33,35,37-38H,3-9,13,22,24H2,1-2H3. The van der Waals surface area contributed by atoms with E-state index in [4.69, 9.17) is 0 Å². The molecule has 0 aromatic heterocycles. The molecule has 0 heterocycles. The molecular weight excluding hydrogens is 474 g/mol. The number of rotatable bonds is 12. The topological polar surface area (TPSA) is 81.0 Å². The third-order valence-corrected chi connectivity index (χ3v) is 6.85. The van der Waals surface area contributed by atoms with E-state index in [0.29, 0.717) is 18.7 Å². The van der Waals surface area contributed by atoms with Gasteiger partial charge in [-0.1, -0.05) is 87.3 Å². The van der Waals surface area contributed by atoms with Crippen molar-refractivity contribution in [2.24, 2.45) is 5.92 Å². The largest absolute Gasteiger partial charge is 0.507 e. The third kappa shape index (κ3) is 8.90. The normalized spacial score (nSPS) is 14.7. The van der Waals surface area contributed by atoms with Gasteiger partial charge < -0.3 is 20.2 Å². The first-order chi connectivity index (χ1) is 18.4. The van der Waals surface area contributed by atoms with Crippen LogP contribution in [0.15, 0.2) is 66.3 Å². The van der Waals surface area contributed by atoms with Gasteiger partial charge in [-0.15, -0.1) is 0 Å². The van der Waals surface area contributed by atoms with E-state index in [2.05, 4.69) is 43.9 Å². The van der Waals surface area contributed by atoms with Gasteiger partial charge in [-0.25, -0.2) is 0 Å². The van der Waals surface area contributed by atoms with Crippen LogP contribution in [0.25, 0.3) is 0 Å². The van der Waals surface area contributed by atoms with Crippen molar-refractivity contribution in [3.05, 3.63) is 88.5 Å². The number of benzene rings is 2. The Hall–Kier alpha value is -3.33. The lowest BCUT2D eigenvalue weighted by Crippen LogP contribution is -2.31. The molecule has 0 saturated heterocycles. The van der Waals surface area contributed by atoms with Crippen LogP contribution in [-0.2, 0) is 6.54 Å². The van der Waals surface area contributed by atoms with Gasteiger partial charge in [0.25, 0.3) is 5.91 Å². The Bertz CT molecular complexity index is 1170. The fourth-order valence-electron chi connectivity index (χ4n) is 4.49. The van der Waals surface area contributed by atoms with Crippen LogP contribution in [0.1, 0.15) is 98.6 Å². The Morgan fingerprint density at radius 1 is 1.03 bits per heavy atom. The van der Waals surface area contributed by atoms with E-state index < -0.39 is 6.29 Å². The van der Waals surface area contributed by atoms with Crippen molar-refractivity contribution in [2.75, 3.05) is 6.54 Å². The van der Waals surface area contributed by atoms with Gasteiger partial charge in [0, 0.05) is 35.7 Å². The molecule has 5 heteroatoms. The zero-order chi connectivity index (χ0) is 27.3. The molecule has 0 radical (unpaired) electrons. The van der Waals surface area contributed by atoms with E-state index in [0.717, 1.165) is 49.7 Å². The molecule has 2 aromatic carbocycles. The van der Waals surface area contributed by atoms with Crippen molar-refractivity contribution >= 4 is 5.91 Å². The average Bonchev–Trinajstić information content (AvgIpc) is 2.93. The zero-order valence-electron chi connectivity index (χ0n) is 22.7. The molecule has 0 bridgehead atoms. The highest BCUT2D eigenvalue weighted by atomic mass is 16.5. The predicted molar refractivity (Wildman–Crippen MR) is 152 cm³/mol. The zero-order valence-corrected chi connectivity index (χ0v) is 22.7. The van der Waals surface area contributed by atoms with E-state index in [1.807, 2.05) is 24.3 Å². The molecule has 202 valence electrons. The number of carbonyl (C=O) groups excluding carboxylic acids is 1. The second-order valence-electron chi connectivity index (χ2n) is 9.98. The lowest BCUT2D eigenvalue weighted by Gasteiger charge is -2.24. The quantitative estimate of drug-likeness (QED) is 0.168. The first-order valence-corrected chi connectivity index (χ1v) is 13.9. The van der Waals surface area contributed by atoms with Crippen molar-refractivity contribution in [1.82, 2.24) is 4.90 Å². The summed E-state index contributed by atoms with van der Waals surface area (Å²) in [6, 6.07) is 12.2. The minimum absolute atomic E-state index is 0.0785. The molecule has 3 N–H and O–H groups in total. The highest BCUT2D eigenvalue weighted by Gasteiger charge is 2.19. The van der Waals surface area contributed by atoms with Crippen LogP contribution in [0.5, 0.6) is 5.75 Å². The molecule has 3 rings (SSSR count). The Morgan fingerprint density at radius 2 is 1.79 bits per heavy atom. The number of carbonyl (C=O) groups is 1. The van der Waals surface area contributed by atoms with Gasteiger partial charge in [-0.3, -0.25) is 4.79 Å². The number of hydrogen-bond donors (Lipinski definition) is 3. The van der Waals surface area contributed by atoms with Crippen molar-refractivity contribution in [3.8, 4) is 17.6 Å². The molecule has 38 heavy (non-hydrogen) atoms. The molecule has 1 amide bonds. The Balaban J connectivity index is 1.67. The van der Waals surface area contributed by atoms with Gasteiger partial charge in [0.05, 0.1) is 0 Å². The third-order valence-electron chi connectivity index (χ3n) is 6.85. The van der Waals surface area contributed by atoms with Gasteiger partial charge in [0.2, 0.25) is 0 Å². The van der Waals surface area contributed by atoms with E-state index in [9.17, 15) is 20.1 Å². The highest BCUT2D eigenvalue weighted by molar-refractivity contribution is 5.94. The summed E-state index contributed by atoms with van der Waals surface area (Å²) in [5, 5.41) is 29.0. The highest BCUT2D eigenvalue weighted by Crippen LogP contribution is 2.25. The van der Waals surface area contributed by atoms with Gasteiger partial charge >= 0.3 is 0 Å². The second kappa shape index (κ2) is 15.2. The molecule has 1 aliphatic carbocycles. The summed E-state index contributed by atoms with van der Waals surface area (Å²) in [5.41, 5.74) is 3.60. The summed E-state index contributed by atoms with van der Waals surface area (Å²) in [7, 11) is 0. The maximum atomic E-state index is 13.4. The Morgan fingerprint density at radius 3 is 2.45 bits per heavy atom. The SMILES string of the molecule is CCCCCCN(Cc1ccc(C#CC2C=CC(CCCC)=CC2)cc1)C(=O)c1ccc(O)c(C(O)O)c1. The number of phenols is 1. The molecule has 0 saturated carbocycles. The van der Waals surface area contributed by atoms with Crippen LogP contribution >= 0.6 is 0 Å². The first kappa shape index (κ1) is 29.2. The maximum Gasteiger partial charge on any atom is 0.254 e. The van der Waals surface area contributed by atoms with Gasteiger partial charge in [0.15, 0.2) is 6.29 Å². The molecule has 1 atom stereocenters. The summed E-state index contributed by atoms with van der Waals surface area (Å²) in [6.07, 6.45) is 13.6. The van der Waals surface area contributed by atoms with Crippen molar-refractivity contribution in [3.63, 3.8) is 0 Å². The smallest absolute Gasteiger partial charge is 0.254 e. The first-order valence-electron chi connectivity index (χ1n) is 13.9. The van der Waals surface area contributed by atoms with Gasteiger partial charge in [-0.2, -0.15) is 0 Å².